The molecule has 2 heteroatoms. The zero-order valence-electron chi connectivity index (χ0n) is 12.0. The molecular weight excluding hydrogens is 210 g/mol. The normalized spacial score (nSPS) is 25.4. The Morgan fingerprint density at radius 2 is 2.12 bits per heavy atom. The number of hydrogen-bond donors (Lipinski definition) is 1. The van der Waals surface area contributed by atoms with Gasteiger partial charge >= 0.3 is 0 Å². The molecule has 0 aromatic heterocycles. The van der Waals surface area contributed by atoms with Crippen LogP contribution in [0.25, 0.3) is 0 Å². The van der Waals surface area contributed by atoms with Crippen LogP contribution in [0.15, 0.2) is 0 Å². The summed E-state index contributed by atoms with van der Waals surface area (Å²) in [7, 11) is 0. The quantitative estimate of drug-likeness (QED) is 0.657. The fourth-order valence-electron chi connectivity index (χ4n) is 2.67. The fraction of sp³-hybridized carbons (Fsp3) is 1.00. The zero-order valence-corrected chi connectivity index (χ0v) is 12.0. The highest BCUT2D eigenvalue weighted by atomic mass is 16.5. The molecule has 2 unspecified atom stereocenters. The molecule has 0 aliphatic heterocycles. The summed E-state index contributed by atoms with van der Waals surface area (Å²) in [5.41, 5.74) is 0. The van der Waals surface area contributed by atoms with Crippen LogP contribution >= 0.6 is 0 Å². The summed E-state index contributed by atoms with van der Waals surface area (Å²) >= 11 is 0. The summed E-state index contributed by atoms with van der Waals surface area (Å²) < 4.78 is 5.56. The molecule has 0 radical (unpaired) electrons. The molecule has 1 saturated carbocycles. The first-order valence-electron chi connectivity index (χ1n) is 7.47. The summed E-state index contributed by atoms with van der Waals surface area (Å²) in [4.78, 5) is 0. The highest BCUT2D eigenvalue weighted by Gasteiger charge is 2.17. The van der Waals surface area contributed by atoms with Gasteiger partial charge in [0.1, 0.15) is 0 Å². The van der Waals surface area contributed by atoms with Gasteiger partial charge in [-0.05, 0) is 50.1 Å². The van der Waals surface area contributed by atoms with Crippen LogP contribution in [0.4, 0.5) is 0 Å². The van der Waals surface area contributed by atoms with Crippen molar-refractivity contribution in [3.05, 3.63) is 0 Å². The van der Waals surface area contributed by atoms with E-state index in [9.17, 15) is 0 Å². The first-order valence-corrected chi connectivity index (χ1v) is 7.47. The molecule has 0 bridgehead atoms. The lowest BCUT2D eigenvalue weighted by Gasteiger charge is -2.26. The predicted molar refractivity (Wildman–Crippen MR) is 74.3 cm³/mol. The van der Waals surface area contributed by atoms with Crippen molar-refractivity contribution in [1.82, 2.24) is 5.32 Å². The number of rotatable bonds is 8. The molecule has 1 fully saturated rings. The second-order valence-corrected chi connectivity index (χ2v) is 6.16. The molecule has 2 nitrogen and oxygen atoms in total. The summed E-state index contributed by atoms with van der Waals surface area (Å²) in [5, 5.41) is 3.58. The van der Waals surface area contributed by atoms with Gasteiger partial charge in [0, 0.05) is 13.2 Å². The largest absolute Gasteiger partial charge is 0.381 e. The maximum atomic E-state index is 5.56. The summed E-state index contributed by atoms with van der Waals surface area (Å²) in [6, 6.07) is 0. The predicted octanol–water partition coefficient (Wildman–Crippen LogP) is 3.47. The molecule has 1 rings (SSSR count). The van der Waals surface area contributed by atoms with E-state index in [1.54, 1.807) is 0 Å². The van der Waals surface area contributed by atoms with E-state index in [4.69, 9.17) is 4.74 Å². The number of nitrogens with one attached hydrogen (secondary N) is 1. The van der Waals surface area contributed by atoms with Crippen LogP contribution < -0.4 is 5.32 Å². The molecule has 17 heavy (non-hydrogen) atoms. The molecule has 0 aromatic rings. The van der Waals surface area contributed by atoms with Crippen LogP contribution in [-0.4, -0.2) is 26.3 Å². The van der Waals surface area contributed by atoms with Gasteiger partial charge in [0.25, 0.3) is 0 Å². The lowest BCUT2D eigenvalue weighted by atomic mass is 9.82. The van der Waals surface area contributed by atoms with Gasteiger partial charge in [-0.25, -0.2) is 0 Å². The van der Waals surface area contributed by atoms with Crippen molar-refractivity contribution >= 4 is 0 Å². The van der Waals surface area contributed by atoms with Crippen molar-refractivity contribution < 1.29 is 4.74 Å². The van der Waals surface area contributed by atoms with Crippen LogP contribution in [0.2, 0.25) is 0 Å². The van der Waals surface area contributed by atoms with Gasteiger partial charge in [0.2, 0.25) is 0 Å². The van der Waals surface area contributed by atoms with Gasteiger partial charge in [-0.3, -0.25) is 0 Å². The maximum absolute atomic E-state index is 5.56. The van der Waals surface area contributed by atoms with E-state index in [1.807, 2.05) is 0 Å². The Balaban J connectivity index is 1.86. The van der Waals surface area contributed by atoms with Crippen molar-refractivity contribution in [3.63, 3.8) is 0 Å². The summed E-state index contributed by atoms with van der Waals surface area (Å²) in [6.45, 7) is 10.9. The molecule has 0 spiro atoms. The second-order valence-electron chi connectivity index (χ2n) is 6.16. The Morgan fingerprint density at radius 3 is 2.82 bits per heavy atom. The van der Waals surface area contributed by atoms with Crippen molar-refractivity contribution in [1.29, 1.82) is 0 Å². The highest BCUT2D eigenvalue weighted by Crippen LogP contribution is 2.27. The summed E-state index contributed by atoms with van der Waals surface area (Å²) in [5.74, 6) is 2.53. The minimum Gasteiger partial charge on any atom is -0.381 e. The van der Waals surface area contributed by atoms with E-state index in [0.717, 1.165) is 38.0 Å². The fourth-order valence-corrected chi connectivity index (χ4v) is 2.67. The third kappa shape index (κ3) is 7.77. The highest BCUT2D eigenvalue weighted by molar-refractivity contribution is 4.72. The molecular formula is C15H31NO. The van der Waals surface area contributed by atoms with E-state index >= 15 is 0 Å². The van der Waals surface area contributed by atoms with E-state index in [-0.39, 0.29) is 0 Å². The molecule has 0 aromatic carbocycles. The van der Waals surface area contributed by atoms with Crippen LogP contribution in [-0.2, 0) is 4.74 Å². The monoisotopic (exact) mass is 241 g/mol. The Bertz CT molecular complexity index is 182. The Morgan fingerprint density at radius 1 is 1.29 bits per heavy atom. The lowest BCUT2D eigenvalue weighted by molar-refractivity contribution is 0.107. The standard InChI is InChI=1S/C15H31NO/c1-13(2)12-17-9-5-8-16-11-15-7-4-6-14(3)10-15/h13-16H,4-12H2,1-3H3. The van der Waals surface area contributed by atoms with Gasteiger partial charge < -0.3 is 10.1 Å². The van der Waals surface area contributed by atoms with Crippen molar-refractivity contribution in [2.75, 3.05) is 26.3 Å². The van der Waals surface area contributed by atoms with E-state index in [2.05, 4.69) is 26.1 Å². The van der Waals surface area contributed by atoms with E-state index in [0.29, 0.717) is 5.92 Å². The molecule has 1 aliphatic rings. The third-order valence-corrected chi connectivity index (χ3v) is 3.57. The Labute approximate surface area is 108 Å². The van der Waals surface area contributed by atoms with Crippen molar-refractivity contribution in [2.24, 2.45) is 17.8 Å². The molecule has 1 N–H and O–H groups in total. The van der Waals surface area contributed by atoms with Crippen LogP contribution in [0.1, 0.15) is 52.9 Å². The number of hydrogen-bond acceptors (Lipinski definition) is 2. The molecule has 0 heterocycles. The molecule has 0 amide bonds. The van der Waals surface area contributed by atoms with Gasteiger partial charge in [-0.15, -0.1) is 0 Å². The average Bonchev–Trinajstić information content (AvgIpc) is 2.27. The lowest BCUT2D eigenvalue weighted by Crippen LogP contribution is -2.27. The average molecular weight is 241 g/mol. The Kier molecular flexibility index (Phi) is 7.87. The van der Waals surface area contributed by atoms with Gasteiger partial charge in [0.05, 0.1) is 0 Å². The SMILES string of the molecule is CC(C)COCCCNCC1CCCC(C)C1. The maximum Gasteiger partial charge on any atom is 0.0489 e. The molecule has 0 saturated heterocycles. The minimum atomic E-state index is 0.659. The third-order valence-electron chi connectivity index (χ3n) is 3.57. The van der Waals surface area contributed by atoms with Crippen LogP contribution in [0.3, 0.4) is 0 Å². The summed E-state index contributed by atoms with van der Waals surface area (Å²) in [6.07, 6.45) is 6.89. The van der Waals surface area contributed by atoms with Gasteiger partial charge in [-0.2, -0.15) is 0 Å². The first-order chi connectivity index (χ1) is 8.18. The van der Waals surface area contributed by atoms with Gasteiger partial charge in [-0.1, -0.05) is 33.6 Å². The topological polar surface area (TPSA) is 21.3 Å². The van der Waals surface area contributed by atoms with Crippen molar-refractivity contribution in [2.45, 2.75) is 52.9 Å². The number of ether oxygens (including phenoxy) is 1. The van der Waals surface area contributed by atoms with E-state index < -0.39 is 0 Å². The Hall–Kier alpha value is -0.0800. The second kappa shape index (κ2) is 8.93. The molecule has 102 valence electrons. The minimum absolute atomic E-state index is 0.659. The smallest absolute Gasteiger partial charge is 0.0489 e. The van der Waals surface area contributed by atoms with Crippen LogP contribution in [0, 0.1) is 17.8 Å². The molecule has 1 aliphatic carbocycles. The molecule has 2 atom stereocenters. The zero-order chi connectivity index (χ0) is 12.5. The van der Waals surface area contributed by atoms with Crippen molar-refractivity contribution in [3.8, 4) is 0 Å². The van der Waals surface area contributed by atoms with E-state index in [1.165, 1.54) is 32.2 Å². The first kappa shape index (κ1) is 15.0. The van der Waals surface area contributed by atoms with Gasteiger partial charge in [0.15, 0.2) is 0 Å². The van der Waals surface area contributed by atoms with Crippen LogP contribution in [0.5, 0.6) is 0 Å².